The molecular formula is C25H29N3O5S. The minimum atomic E-state index is -0.907. The van der Waals surface area contributed by atoms with Crippen LogP contribution in [0.1, 0.15) is 17.5 Å². The number of benzene rings is 2. The van der Waals surface area contributed by atoms with Crippen LogP contribution in [0.4, 0.5) is 4.79 Å². The first kappa shape index (κ1) is 25.2. The molecule has 3 rings (SSSR count). The Balaban J connectivity index is 1.66. The van der Waals surface area contributed by atoms with E-state index >= 15 is 0 Å². The van der Waals surface area contributed by atoms with Crippen LogP contribution in [0.25, 0.3) is 10.9 Å². The highest BCUT2D eigenvalue weighted by atomic mass is 32.2. The highest BCUT2D eigenvalue weighted by Crippen LogP contribution is 2.19. The van der Waals surface area contributed by atoms with Crippen LogP contribution >= 0.6 is 11.8 Å². The number of aromatic nitrogens is 1. The maximum Gasteiger partial charge on any atom is 0.408 e. The molecule has 0 aliphatic carbocycles. The van der Waals surface area contributed by atoms with Crippen molar-refractivity contribution in [2.45, 2.75) is 31.5 Å². The van der Waals surface area contributed by atoms with E-state index in [-0.39, 0.29) is 13.0 Å². The molecule has 0 unspecified atom stereocenters. The number of rotatable bonds is 11. The number of esters is 1. The lowest BCUT2D eigenvalue weighted by Gasteiger charge is -2.22. The number of aromatic amines is 1. The van der Waals surface area contributed by atoms with E-state index in [1.165, 1.54) is 7.11 Å². The number of fused-ring (bicyclic) bond motifs is 1. The first-order valence-electron chi connectivity index (χ1n) is 10.9. The Morgan fingerprint density at radius 1 is 1.00 bits per heavy atom. The lowest BCUT2D eigenvalue weighted by Crippen LogP contribution is -2.52. The molecule has 0 bridgehead atoms. The van der Waals surface area contributed by atoms with E-state index in [9.17, 15) is 14.4 Å². The normalized spacial score (nSPS) is 12.5. The summed E-state index contributed by atoms with van der Waals surface area (Å²) in [5, 5.41) is 6.34. The molecule has 0 aliphatic rings. The lowest BCUT2D eigenvalue weighted by molar-refractivity contribution is -0.145. The van der Waals surface area contributed by atoms with Gasteiger partial charge in [-0.25, -0.2) is 9.59 Å². The number of hydrogen-bond acceptors (Lipinski definition) is 6. The predicted octanol–water partition coefficient (Wildman–Crippen LogP) is 3.42. The molecule has 0 saturated heterocycles. The van der Waals surface area contributed by atoms with Crippen molar-refractivity contribution in [3.63, 3.8) is 0 Å². The monoisotopic (exact) mass is 483 g/mol. The van der Waals surface area contributed by atoms with Gasteiger partial charge >= 0.3 is 12.1 Å². The number of amides is 2. The van der Waals surface area contributed by atoms with Crippen molar-refractivity contribution in [1.82, 2.24) is 15.6 Å². The molecule has 1 aromatic heterocycles. The van der Waals surface area contributed by atoms with Crippen molar-refractivity contribution >= 4 is 40.6 Å². The van der Waals surface area contributed by atoms with Crippen molar-refractivity contribution in [2.75, 3.05) is 19.1 Å². The third-order valence-corrected chi connectivity index (χ3v) is 5.98. The van der Waals surface area contributed by atoms with Gasteiger partial charge in [0.1, 0.15) is 18.7 Å². The van der Waals surface area contributed by atoms with E-state index in [2.05, 4.69) is 15.6 Å². The van der Waals surface area contributed by atoms with Crippen molar-refractivity contribution in [3.8, 4) is 0 Å². The number of thioether (sulfide) groups is 1. The zero-order valence-electron chi connectivity index (χ0n) is 19.2. The van der Waals surface area contributed by atoms with Gasteiger partial charge in [0.25, 0.3) is 0 Å². The number of H-pyrrole nitrogens is 1. The molecule has 0 radical (unpaired) electrons. The van der Waals surface area contributed by atoms with Gasteiger partial charge in [-0.2, -0.15) is 11.8 Å². The fraction of sp³-hybridized carbons (Fsp3) is 0.320. The molecule has 0 fully saturated rings. The zero-order valence-corrected chi connectivity index (χ0v) is 20.0. The second-order valence-corrected chi connectivity index (χ2v) is 8.67. The van der Waals surface area contributed by atoms with Crippen molar-refractivity contribution in [1.29, 1.82) is 0 Å². The summed E-state index contributed by atoms with van der Waals surface area (Å²) < 4.78 is 10.2. The third-order valence-electron chi connectivity index (χ3n) is 5.33. The SMILES string of the molecule is COC(=O)[C@H](Cc1c[nH]c2ccccc12)NC(=O)[C@H](CCSC)NC(=O)OCc1ccccc1. The van der Waals surface area contributed by atoms with Crippen molar-refractivity contribution in [3.05, 3.63) is 71.9 Å². The Kier molecular flexibility index (Phi) is 9.40. The minimum absolute atomic E-state index is 0.0922. The molecule has 3 aromatic rings. The highest BCUT2D eigenvalue weighted by molar-refractivity contribution is 7.98. The van der Waals surface area contributed by atoms with Gasteiger partial charge < -0.3 is 25.1 Å². The molecule has 2 atom stereocenters. The number of nitrogens with one attached hydrogen (secondary N) is 3. The maximum atomic E-state index is 13.1. The number of ether oxygens (including phenoxy) is 2. The smallest absolute Gasteiger partial charge is 0.408 e. The first-order valence-corrected chi connectivity index (χ1v) is 12.3. The number of hydrogen-bond donors (Lipinski definition) is 3. The number of alkyl carbamates (subject to hydrolysis) is 1. The van der Waals surface area contributed by atoms with Crippen LogP contribution in [-0.2, 0) is 32.1 Å². The summed E-state index contributed by atoms with van der Waals surface area (Å²) in [5.41, 5.74) is 2.66. The Bertz CT molecular complexity index is 1100. The standard InChI is InChI=1S/C25H29N3O5S/c1-32-24(30)22(14-18-15-26-20-11-7-6-10-19(18)20)27-23(29)21(12-13-34-2)28-25(31)33-16-17-8-4-3-5-9-17/h3-11,15,21-22,26H,12-14,16H2,1-2H3,(H,27,29)(H,28,31)/t21-,22-/m0/s1. The van der Waals surface area contributed by atoms with Gasteiger partial charge in [0.15, 0.2) is 0 Å². The highest BCUT2D eigenvalue weighted by Gasteiger charge is 2.28. The molecule has 3 N–H and O–H groups in total. The zero-order chi connectivity index (χ0) is 24.3. The fourth-order valence-electron chi connectivity index (χ4n) is 3.54. The Morgan fingerprint density at radius 3 is 2.47 bits per heavy atom. The molecule has 1 heterocycles. The molecule has 2 amide bonds. The summed E-state index contributed by atoms with van der Waals surface area (Å²) in [6.07, 6.45) is 3.66. The predicted molar refractivity (Wildman–Crippen MR) is 132 cm³/mol. The van der Waals surface area contributed by atoms with Crippen LogP contribution in [0.3, 0.4) is 0 Å². The summed E-state index contributed by atoms with van der Waals surface area (Å²) in [7, 11) is 1.28. The van der Waals surface area contributed by atoms with E-state index in [4.69, 9.17) is 9.47 Å². The number of carbonyl (C=O) groups excluding carboxylic acids is 3. The Morgan fingerprint density at radius 2 is 1.74 bits per heavy atom. The number of methoxy groups -OCH3 is 1. The Hall–Kier alpha value is -3.46. The summed E-state index contributed by atoms with van der Waals surface area (Å²) in [4.78, 5) is 41.1. The van der Waals surface area contributed by atoms with Gasteiger partial charge in [-0.15, -0.1) is 0 Å². The average Bonchev–Trinajstić information content (AvgIpc) is 3.27. The van der Waals surface area contributed by atoms with Crippen molar-refractivity contribution in [2.24, 2.45) is 0 Å². The molecule has 8 nitrogen and oxygen atoms in total. The second-order valence-electron chi connectivity index (χ2n) is 7.69. The van der Waals surface area contributed by atoms with E-state index in [0.29, 0.717) is 12.2 Å². The van der Waals surface area contributed by atoms with Crippen LogP contribution < -0.4 is 10.6 Å². The largest absolute Gasteiger partial charge is 0.467 e. The van der Waals surface area contributed by atoms with Gasteiger partial charge in [0, 0.05) is 23.5 Å². The summed E-state index contributed by atoms with van der Waals surface area (Å²) in [6.45, 7) is 0.0922. The van der Waals surface area contributed by atoms with Crippen LogP contribution in [-0.4, -0.2) is 54.2 Å². The van der Waals surface area contributed by atoms with Crippen LogP contribution in [0.2, 0.25) is 0 Å². The van der Waals surface area contributed by atoms with Gasteiger partial charge in [0.05, 0.1) is 7.11 Å². The third kappa shape index (κ3) is 7.02. The summed E-state index contributed by atoms with van der Waals surface area (Å²) >= 11 is 1.55. The molecule has 180 valence electrons. The van der Waals surface area contributed by atoms with Crippen molar-refractivity contribution < 1.29 is 23.9 Å². The topological polar surface area (TPSA) is 110 Å². The Labute approximate surface area is 202 Å². The van der Waals surface area contributed by atoms with E-state index in [1.54, 1.807) is 11.8 Å². The summed E-state index contributed by atoms with van der Waals surface area (Å²) in [5.74, 6) is -0.391. The molecule has 0 spiro atoms. The lowest BCUT2D eigenvalue weighted by atomic mass is 10.0. The van der Waals surface area contributed by atoms with Crippen LogP contribution in [0, 0.1) is 0 Å². The molecule has 2 aromatic carbocycles. The van der Waals surface area contributed by atoms with E-state index in [0.717, 1.165) is 22.0 Å². The molecular weight excluding hydrogens is 454 g/mol. The summed E-state index contributed by atoms with van der Waals surface area (Å²) in [6, 6.07) is 15.2. The number of para-hydroxylation sites is 1. The van der Waals surface area contributed by atoms with E-state index < -0.39 is 30.1 Å². The number of carbonyl (C=O) groups is 3. The minimum Gasteiger partial charge on any atom is -0.467 e. The van der Waals surface area contributed by atoms with Crippen LogP contribution in [0.5, 0.6) is 0 Å². The molecule has 34 heavy (non-hydrogen) atoms. The maximum absolute atomic E-state index is 13.1. The van der Waals surface area contributed by atoms with Gasteiger partial charge in [0.2, 0.25) is 5.91 Å². The molecule has 9 heteroatoms. The average molecular weight is 484 g/mol. The van der Waals surface area contributed by atoms with Gasteiger partial charge in [-0.05, 0) is 35.6 Å². The fourth-order valence-corrected chi connectivity index (χ4v) is 4.01. The first-order chi connectivity index (χ1) is 16.5. The van der Waals surface area contributed by atoms with Gasteiger partial charge in [-0.1, -0.05) is 48.5 Å². The van der Waals surface area contributed by atoms with E-state index in [1.807, 2.05) is 67.0 Å². The molecule has 0 saturated carbocycles. The van der Waals surface area contributed by atoms with Gasteiger partial charge in [-0.3, -0.25) is 4.79 Å². The quantitative estimate of drug-likeness (QED) is 0.361. The van der Waals surface area contributed by atoms with Crippen LogP contribution in [0.15, 0.2) is 60.8 Å². The second kappa shape index (κ2) is 12.7. The molecule has 0 aliphatic heterocycles.